The molecule has 0 aliphatic heterocycles. The molecule has 140 valence electrons. The first-order chi connectivity index (χ1) is 12.1. The molecule has 0 N–H and O–H groups in total. The van der Waals surface area contributed by atoms with Crippen molar-refractivity contribution in [2.75, 3.05) is 14.2 Å². The highest BCUT2D eigenvalue weighted by molar-refractivity contribution is 7.89. The van der Waals surface area contributed by atoms with Gasteiger partial charge in [0.05, 0.1) is 23.1 Å². The molecule has 0 saturated heterocycles. The van der Waals surface area contributed by atoms with Gasteiger partial charge in [-0.1, -0.05) is 24.3 Å². The lowest BCUT2D eigenvalue weighted by Crippen LogP contribution is -2.28. The summed E-state index contributed by atoms with van der Waals surface area (Å²) in [6, 6.07) is 9.94. The van der Waals surface area contributed by atoms with Crippen molar-refractivity contribution in [2.24, 2.45) is 0 Å². The Labute approximate surface area is 149 Å². The van der Waals surface area contributed by atoms with E-state index in [4.69, 9.17) is 0 Å². The Morgan fingerprint density at radius 2 is 1.65 bits per heavy atom. The van der Waals surface area contributed by atoms with Crippen LogP contribution in [0.3, 0.4) is 0 Å². The van der Waals surface area contributed by atoms with E-state index in [1.165, 1.54) is 44.5 Å². The lowest BCUT2D eigenvalue weighted by atomic mass is 10.1. The predicted octanol–water partition coefficient (Wildman–Crippen LogP) is 3.31. The van der Waals surface area contributed by atoms with Crippen molar-refractivity contribution in [3.8, 4) is 0 Å². The molecule has 0 heterocycles. The summed E-state index contributed by atoms with van der Waals surface area (Å²) in [5, 5.41) is 0. The minimum atomic E-state index is -4.79. The van der Waals surface area contributed by atoms with E-state index in [1.54, 1.807) is 0 Å². The molecule has 0 aliphatic carbocycles. The van der Waals surface area contributed by atoms with Crippen molar-refractivity contribution >= 4 is 16.0 Å². The Morgan fingerprint density at radius 1 is 1.08 bits per heavy atom. The average Bonchev–Trinajstić information content (AvgIpc) is 2.61. The maximum Gasteiger partial charge on any atom is 0.417 e. The van der Waals surface area contributed by atoms with Gasteiger partial charge >= 0.3 is 12.1 Å². The fourth-order valence-electron chi connectivity index (χ4n) is 2.30. The number of sulfonamides is 1. The number of carbonyl (C=O) groups is 1. The standard InChI is InChI=1S/C17H16F3NO4S/c1-21(11-12-7-9-13(10-8-12)16(22)25-2)26(23,24)15-6-4-3-5-14(15)17(18,19)20/h3-10H,11H2,1-2H3. The topological polar surface area (TPSA) is 63.7 Å². The smallest absolute Gasteiger partial charge is 0.417 e. The lowest BCUT2D eigenvalue weighted by molar-refractivity contribution is -0.139. The minimum absolute atomic E-state index is 0.157. The Kier molecular flexibility index (Phi) is 5.72. The number of nitrogens with zero attached hydrogens (tertiary/aromatic N) is 1. The number of methoxy groups -OCH3 is 1. The SMILES string of the molecule is COC(=O)c1ccc(CN(C)S(=O)(=O)c2ccccc2C(F)(F)F)cc1. The van der Waals surface area contributed by atoms with Crippen LogP contribution < -0.4 is 0 Å². The molecule has 0 unspecified atom stereocenters. The molecule has 0 spiro atoms. The van der Waals surface area contributed by atoms with Gasteiger partial charge in [0.15, 0.2) is 0 Å². The molecule has 0 saturated carbocycles. The van der Waals surface area contributed by atoms with E-state index in [0.29, 0.717) is 5.56 Å². The lowest BCUT2D eigenvalue weighted by Gasteiger charge is -2.20. The average molecular weight is 387 g/mol. The highest BCUT2D eigenvalue weighted by Gasteiger charge is 2.38. The summed E-state index contributed by atoms with van der Waals surface area (Å²) in [5.41, 5.74) is -0.426. The third-order valence-electron chi connectivity index (χ3n) is 3.66. The number of esters is 1. The van der Waals surface area contributed by atoms with Crippen LogP contribution in [0, 0.1) is 0 Å². The third-order valence-corrected chi connectivity index (χ3v) is 5.52. The minimum Gasteiger partial charge on any atom is -0.465 e. The Hall–Kier alpha value is -2.39. The number of hydrogen-bond acceptors (Lipinski definition) is 4. The maximum absolute atomic E-state index is 13.1. The Morgan fingerprint density at radius 3 is 2.19 bits per heavy atom. The highest BCUT2D eigenvalue weighted by atomic mass is 32.2. The van der Waals surface area contributed by atoms with Gasteiger partial charge in [-0.25, -0.2) is 13.2 Å². The van der Waals surface area contributed by atoms with Crippen molar-refractivity contribution < 1.29 is 31.1 Å². The van der Waals surface area contributed by atoms with Gasteiger partial charge in [-0.15, -0.1) is 0 Å². The van der Waals surface area contributed by atoms with Gasteiger partial charge in [0, 0.05) is 13.6 Å². The zero-order valence-electron chi connectivity index (χ0n) is 13.9. The molecule has 0 amide bonds. The summed E-state index contributed by atoms with van der Waals surface area (Å²) in [4.78, 5) is 10.6. The number of halogens is 3. The first-order valence-corrected chi connectivity index (χ1v) is 8.81. The van der Waals surface area contributed by atoms with E-state index in [0.717, 1.165) is 22.5 Å². The number of carbonyl (C=O) groups excluding carboxylic acids is 1. The van der Waals surface area contributed by atoms with Crippen molar-refractivity contribution in [2.45, 2.75) is 17.6 Å². The van der Waals surface area contributed by atoms with Crippen LogP contribution in [0.4, 0.5) is 13.2 Å². The number of alkyl halides is 3. The number of hydrogen-bond donors (Lipinski definition) is 0. The van der Waals surface area contributed by atoms with Crippen molar-refractivity contribution in [3.63, 3.8) is 0 Å². The fraction of sp³-hybridized carbons (Fsp3) is 0.235. The molecule has 0 radical (unpaired) electrons. The summed E-state index contributed by atoms with van der Waals surface area (Å²) < 4.78 is 69.8. The second-order valence-corrected chi connectivity index (χ2v) is 7.46. The van der Waals surface area contributed by atoms with Gasteiger partial charge in [0.2, 0.25) is 10.0 Å². The first kappa shape index (κ1) is 19.9. The molecule has 5 nitrogen and oxygen atoms in total. The predicted molar refractivity (Wildman–Crippen MR) is 87.9 cm³/mol. The van der Waals surface area contributed by atoms with Crippen LogP contribution in [0.2, 0.25) is 0 Å². The van der Waals surface area contributed by atoms with Crippen LogP contribution in [0.1, 0.15) is 21.5 Å². The van der Waals surface area contributed by atoms with E-state index >= 15 is 0 Å². The second kappa shape index (κ2) is 7.46. The van der Waals surface area contributed by atoms with E-state index in [2.05, 4.69) is 4.74 Å². The normalized spacial score (nSPS) is 12.2. The summed E-state index contributed by atoms with van der Waals surface area (Å²) in [5.74, 6) is -0.545. The molecule has 2 aromatic carbocycles. The van der Waals surface area contributed by atoms with Gasteiger partial charge in [-0.2, -0.15) is 17.5 Å². The van der Waals surface area contributed by atoms with Gasteiger partial charge in [0.25, 0.3) is 0 Å². The van der Waals surface area contributed by atoms with Crippen LogP contribution in [-0.4, -0.2) is 32.8 Å². The maximum atomic E-state index is 13.1. The van der Waals surface area contributed by atoms with Gasteiger partial charge < -0.3 is 4.74 Å². The van der Waals surface area contributed by atoms with E-state index < -0.39 is 32.6 Å². The monoisotopic (exact) mass is 387 g/mol. The van der Waals surface area contributed by atoms with Gasteiger partial charge in [-0.05, 0) is 29.8 Å². The van der Waals surface area contributed by atoms with E-state index in [-0.39, 0.29) is 12.1 Å². The Balaban J connectivity index is 2.29. The molecule has 0 aliphatic rings. The molecular weight excluding hydrogens is 371 g/mol. The zero-order chi connectivity index (χ0) is 19.5. The van der Waals surface area contributed by atoms with Gasteiger partial charge in [-0.3, -0.25) is 0 Å². The van der Waals surface area contributed by atoms with Crippen molar-refractivity contribution in [3.05, 3.63) is 65.2 Å². The summed E-state index contributed by atoms with van der Waals surface area (Å²) in [6.45, 7) is -0.157. The number of rotatable bonds is 5. The van der Waals surface area contributed by atoms with Crippen LogP contribution >= 0.6 is 0 Å². The first-order valence-electron chi connectivity index (χ1n) is 7.37. The quantitative estimate of drug-likeness (QED) is 0.739. The van der Waals surface area contributed by atoms with Crippen molar-refractivity contribution in [1.82, 2.24) is 4.31 Å². The molecule has 0 aromatic heterocycles. The van der Waals surface area contributed by atoms with Crippen LogP contribution in [0.25, 0.3) is 0 Å². The molecule has 26 heavy (non-hydrogen) atoms. The van der Waals surface area contributed by atoms with Crippen LogP contribution in [0.15, 0.2) is 53.4 Å². The molecule has 0 fully saturated rings. The fourth-order valence-corrected chi connectivity index (χ4v) is 3.67. The molecule has 0 bridgehead atoms. The van der Waals surface area contributed by atoms with Crippen LogP contribution in [-0.2, 0) is 27.5 Å². The third kappa shape index (κ3) is 4.23. The summed E-state index contributed by atoms with van der Waals surface area (Å²) in [7, 11) is -1.94. The van der Waals surface area contributed by atoms with E-state index in [1.807, 2.05) is 0 Å². The molecule has 2 aromatic rings. The number of benzene rings is 2. The highest BCUT2D eigenvalue weighted by Crippen LogP contribution is 2.35. The molecule has 9 heteroatoms. The molecule has 0 atom stereocenters. The second-order valence-electron chi connectivity index (χ2n) is 5.44. The van der Waals surface area contributed by atoms with E-state index in [9.17, 15) is 26.4 Å². The zero-order valence-corrected chi connectivity index (χ0v) is 14.8. The van der Waals surface area contributed by atoms with Crippen LogP contribution in [0.5, 0.6) is 0 Å². The Bertz CT molecular complexity index is 893. The summed E-state index contributed by atoms with van der Waals surface area (Å²) in [6.07, 6.45) is -4.79. The largest absolute Gasteiger partial charge is 0.465 e. The molecule has 2 rings (SSSR count). The molecular formula is C17H16F3NO4S. The number of ether oxygens (including phenoxy) is 1. The van der Waals surface area contributed by atoms with Gasteiger partial charge in [0.1, 0.15) is 0 Å². The summed E-state index contributed by atoms with van der Waals surface area (Å²) >= 11 is 0. The van der Waals surface area contributed by atoms with Crippen molar-refractivity contribution in [1.29, 1.82) is 0 Å².